The van der Waals surface area contributed by atoms with E-state index in [1.807, 2.05) is 17.9 Å². The third-order valence-corrected chi connectivity index (χ3v) is 5.53. The summed E-state index contributed by atoms with van der Waals surface area (Å²) in [7, 11) is 1.99. The van der Waals surface area contributed by atoms with E-state index in [-0.39, 0.29) is 0 Å². The molecule has 2 aromatic heterocycles. The Balaban J connectivity index is 1.43. The Kier molecular flexibility index (Phi) is 4.45. The highest BCUT2D eigenvalue weighted by Gasteiger charge is 2.27. The average Bonchev–Trinajstić information content (AvgIpc) is 3.31. The molecule has 5 heteroatoms. The summed E-state index contributed by atoms with van der Waals surface area (Å²) < 4.78 is 1.90. The number of rotatable bonds is 5. The first-order chi connectivity index (χ1) is 11.8. The lowest BCUT2D eigenvalue weighted by atomic mass is 10.1. The molecule has 0 spiro atoms. The molecule has 0 saturated carbocycles. The van der Waals surface area contributed by atoms with Gasteiger partial charge in [-0.3, -0.25) is 9.58 Å². The van der Waals surface area contributed by atoms with Gasteiger partial charge in [-0.15, -0.1) is 11.3 Å². The van der Waals surface area contributed by atoms with E-state index >= 15 is 0 Å². The van der Waals surface area contributed by atoms with E-state index < -0.39 is 0 Å². The molecule has 1 atom stereocenters. The molecule has 4 rings (SSSR count). The second-order valence-electron chi connectivity index (χ2n) is 6.47. The van der Waals surface area contributed by atoms with Crippen molar-refractivity contribution in [1.82, 2.24) is 19.7 Å². The van der Waals surface area contributed by atoms with Gasteiger partial charge >= 0.3 is 0 Å². The van der Waals surface area contributed by atoms with Crippen LogP contribution in [0.2, 0.25) is 0 Å². The predicted octanol–water partition coefficient (Wildman–Crippen LogP) is 3.80. The van der Waals surface area contributed by atoms with Crippen molar-refractivity contribution in [3.05, 3.63) is 69.9 Å². The minimum atomic E-state index is 0.484. The van der Waals surface area contributed by atoms with Gasteiger partial charge in [0.2, 0.25) is 0 Å². The summed E-state index contributed by atoms with van der Waals surface area (Å²) in [6.45, 7) is 2.08. The molecule has 0 N–H and O–H groups in total. The van der Waals surface area contributed by atoms with Crippen LogP contribution in [0, 0.1) is 0 Å². The van der Waals surface area contributed by atoms with E-state index in [0.29, 0.717) is 6.04 Å². The van der Waals surface area contributed by atoms with Gasteiger partial charge in [0.1, 0.15) is 0 Å². The van der Waals surface area contributed by atoms with E-state index in [4.69, 9.17) is 4.98 Å². The number of benzene rings is 1. The molecule has 0 amide bonds. The number of aromatic nitrogens is 3. The van der Waals surface area contributed by atoms with E-state index in [1.54, 1.807) is 11.3 Å². The van der Waals surface area contributed by atoms with Crippen molar-refractivity contribution in [1.29, 1.82) is 0 Å². The Labute approximate surface area is 146 Å². The second-order valence-corrected chi connectivity index (χ2v) is 7.41. The smallest absolute Gasteiger partial charge is 0.0972 e. The van der Waals surface area contributed by atoms with Crippen LogP contribution in [0.25, 0.3) is 0 Å². The van der Waals surface area contributed by atoms with Crippen LogP contribution >= 0.6 is 11.3 Å². The number of thiazole rings is 1. The predicted molar refractivity (Wildman–Crippen MR) is 97.0 cm³/mol. The molecule has 0 unspecified atom stereocenters. The molecule has 1 aliphatic heterocycles. The summed E-state index contributed by atoms with van der Waals surface area (Å²) in [5, 5.41) is 7.75. The van der Waals surface area contributed by atoms with Crippen molar-refractivity contribution in [2.75, 3.05) is 6.54 Å². The van der Waals surface area contributed by atoms with E-state index in [2.05, 4.69) is 51.9 Å². The largest absolute Gasteiger partial charge is 0.290 e. The van der Waals surface area contributed by atoms with Crippen LogP contribution in [0.4, 0.5) is 0 Å². The van der Waals surface area contributed by atoms with Crippen LogP contribution in [-0.4, -0.2) is 26.2 Å². The van der Waals surface area contributed by atoms with Crippen molar-refractivity contribution in [2.24, 2.45) is 7.05 Å². The van der Waals surface area contributed by atoms with Crippen molar-refractivity contribution in [2.45, 2.75) is 31.8 Å². The Morgan fingerprint density at radius 1 is 1.25 bits per heavy atom. The third-order valence-electron chi connectivity index (χ3n) is 4.64. The van der Waals surface area contributed by atoms with Gasteiger partial charge in [0.15, 0.2) is 0 Å². The zero-order chi connectivity index (χ0) is 16.4. The molecule has 1 saturated heterocycles. The van der Waals surface area contributed by atoms with E-state index in [1.165, 1.54) is 34.7 Å². The molecular weight excluding hydrogens is 316 g/mol. The number of hydrogen-bond donors (Lipinski definition) is 0. The maximum Gasteiger partial charge on any atom is 0.0972 e. The lowest BCUT2D eigenvalue weighted by Gasteiger charge is -2.22. The topological polar surface area (TPSA) is 34.0 Å². The normalized spacial score (nSPS) is 18.3. The Morgan fingerprint density at radius 3 is 2.92 bits per heavy atom. The summed E-state index contributed by atoms with van der Waals surface area (Å²) in [5.74, 6) is 0. The van der Waals surface area contributed by atoms with E-state index in [0.717, 1.165) is 19.5 Å². The number of nitrogens with zero attached hydrogens (tertiary/aromatic N) is 4. The SMILES string of the molecule is Cn1cc([C@@H]2CCCN2Cc2csc(Cc3ccccc3)n2)cn1. The van der Waals surface area contributed by atoms with Gasteiger partial charge in [-0.1, -0.05) is 30.3 Å². The zero-order valence-electron chi connectivity index (χ0n) is 13.9. The van der Waals surface area contributed by atoms with Gasteiger partial charge in [-0.05, 0) is 24.9 Å². The van der Waals surface area contributed by atoms with Crippen LogP contribution in [0.5, 0.6) is 0 Å². The molecule has 0 aliphatic carbocycles. The van der Waals surface area contributed by atoms with Crippen LogP contribution in [0.1, 0.15) is 40.7 Å². The fourth-order valence-corrected chi connectivity index (χ4v) is 4.31. The first kappa shape index (κ1) is 15.5. The van der Waals surface area contributed by atoms with Gasteiger partial charge in [0, 0.05) is 43.2 Å². The average molecular weight is 338 g/mol. The fourth-order valence-electron chi connectivity index (χ4n) is 3.49. The van der Waals surface area contributed by atoms with Crippen molar-refractivity contribution >= 4 is 11.3 Å². The van der Waals surface area contributed by atoms with Gasteiger partial charge < -0.3 is 0 Å². The van der Waals surface area contributed by atoms with Crippen LogP contribution < -0.4 is 0 Å². The highest BCUT2D eigenvalue weighted by atomic mass is 32.1. The minimum Gasteiger partial charge on any atom is -0.290 e. The van der Waals surface area contributed by atoms with E-state index in [9.17, 15) is 0 Å². The number of likely N-dealkylation sites (tertiary alicyclic amines) is 1. The summed E-state index contributed by atoms with van der Waals surface area (Å²) in [6.07, 6.45) is 7.54. The minimum absolute atomic E-state index is 0.484. The monoisotopic (exact) mass is 338 g/mol. The molecule has 0 radical (unpaired) electrons. The van der Waals surface area contributed by atoms with Gasteiger partial charge in [-0.2, -0.15) is 5.10 Å². The maximum absolute atomic E-state index is 4.86. The molecule has 3 aromatic rings. The quantitative estimate of drug-likeness (QED) is 0.709. The Hall–Kier alpha value is -1.98. The highest BCUT2D eigenvalue weighted by Crippen LogP contribution is 2.33. The summed E-state index contributed by atoms with van der Waals surface area (Å²) in [4.78, 5) is 7.40. The van der Waals surface area contributed by atoms with Gasteiger partial charge in [0.25, 0.3) is 0 Å². The molecular formula is C19H22N4S. The number of aryl methyl sites for hydroxylation is 1. The van der Waals surface area contributed by atoms with Crippen molar-refractivity contribution in [3.63, 3.8) is 0 Å². The van der Waals surface area contributed by atoms with Gasteiger partial charge in [-0.25, -0.2) is 4.98 Å². The molecule has 1 aromatic carbocycles. The summed E-state index contributed by atoms with van der Waals surface area (Å²) >= 11 is 1.77. The molecule has 1 fully saturated rings. The van der Waals surface area contributed by atoms with Crippen molar-refractivity contribution in [3.8, 4) is 0 Å². The van der Waals surface area contributed by atoms with Crippen LogP contribution in [0.15, 0.2) is 48.1 Å². The fraction of sp³-hybridized carbons (Fsp3) is 0.368. The molecule has 124 valence electrons. The molecule has 1 aliphatic rings. The maximum atomic E-state index is 4.86. The summed E-state index contributed by atoms with van der Waals surface area (Å²) in [5.41, 5.74) is 3.85. The van der Waals surface area contributed by atoms with Gasteiger partial charge in [0.05, 0.1) is 16.9 Å². The summed E-state index contributed by atoms with van der Waals surface area (Å²) in [6, 6.07) is 11.1. The number of hydrogen-bond acceptors (Lipinski definition) is 4. The molecule has 4 nitrogen and oxygen atoms in total. The van der Waals surface area contributed by atoms with Crippen LogP contribution in [-0.2, 0) is 20.0 Å². The first-order valence-electron chi connectivity index (χ1n) is 8.48. The lowest BCUT2D eigenvalue weighted by Crippen LogP contribution is -2.22. The van der Waals surface area contributed by atoms with Crippen molar-refractivity contribution < 1.29 is 0 Å². The van der Waals surface area contributed by atoms with Crippen LogP contribution in [0.3, 0.4) is 0 Å². The highest BCUT2D eigenvalue weighted by molar-refractivity contribution is 7.09. The Morgan fingerprint density at radius 2 is 2.12 bits per heavy atom. The standard InChI is InChI=1S/C19H22N4S/c1-22-12-16(11-20-22)18-8-5-9-23(18)13-17-14-24-19(21-17)10-15-6-3-2-4-7-15/h2-4,6-7,11-12,14,18H,5,8-10,13H2,1H3/t18-/m0/s1. The Bertz CT molecular complexity index is 793. The second kappa shape index (κ2) is 6.87. The zero-order valence-corrected chi connectivity index (χ0v) is 14.7. The third kappa shape index (κ3) is 3.42. The molecule has 3 heterocycles. The lowest BCUT2D eigenvalue weighted by molar-refractivity contribution is 0.246. The first-order valence-corrected chi connectivity index (χ1v) is 9.36. The molecule has 0 bridgehead atoms. The molecule has 24 heavy (non-hydrogen) atoms.